The molecule has 2 heterocycles. The van der Waals surface area contributed by atoms with Crippen LogP contribution in [0.2, 0.25) is 0 Å². The maximum Gasteiger partial charge on any atom is 0.283 e. The molecule has 0 aliphatic carbocycles. The Morgan fingerprint density at radius 1 is 1.50 bits per heavy atom. The van der Waals surface area contributed by atoms with Crippen LogP contribution in [0.25, 0.3) is 0 Å². The molecule has 7 heteroatoms. The lowest BCUT2D eigenvalue weighted by Gasteiger charge is -2.32. The van der Waals surface area contributed by atoms with E-state index in [1.165, 1.54) is 4.68 Å². The summed E-state index contributed by atoms with van der Waals surface area (Å²) in [5.74, 6) is 0. The molecule has 0 aromatic carbocycles. The van der Waals surface area contributed by atoms with Crippen molar-refractivity contribution in [3.8, 4) is 0 Å². The Morgan fingerprint density at radius 2 is 2.30 bits per heavy atom. The number of aryl methyl sites for hydroxylation is 1. The average Bonchev–Trinajstić information content (AvgIpc) is 2.49. The van der Waals surface area contributed by atoms with Gasteiger partial charge in [-0.25, -0.2) is 4.68 Å². The van der Waals surface area contributed by atoms with Crippen molar-refractivity contribution in [3.63, 3.8) is 0 Å². The summed E-state index contributed by atoms with van der Waals surface area (Å²) in [6.45, 7) is 8.99. The molecule has 1 aromatic heterocycles. The molecule has 0 spiro atoms. The van der Waals surface area contributed by atoms with Crippen molar-refractivity contribution in [3.05, 3.63) is 21.0 Å². The van der Waals surface area contributed by atoms with Crippen molar-refractivity contribution in [1.29, 1.82) is 0 Å². The number of likely N-dealkylation sites (N-methyl/N-ethyl adjacent to an activating group) is 1. The smallest absolute Gasteiger partial charge is 0.283 e. The van der Waals surface area contributed by atoms with E-state index in [0.717, 1.165) is 31.9 Å². The van der Waals surface area contributed by atoms with Gasteiger partial charge < -0.3 is 10.1 Å². The van der Waals surface area contributed by atoms with Crippen LogP contribution in [0.5, 0.6) is 0 Å². The van der Waals surface area contributed by atoms with Crippen LogP contribution in [-0.2, 0) is 11.3 Å². The van der Waals surface area contributed by atoms with Crippen LogP contribution in [0, 0.1) is 0 Å². The number of nitrogens with one attached hydrogen (secondary N) is 1. The van der Waals surface area contributed by atoms with Crippen LogP contribution in [0.1, 0.15) is 13.8 Å². The van der Waals surface area contributed by atoms with Gasteiger partial charge in [-0.05, 0) is 29.4 Å². The number of rotatable bonds is 5. The van der Waals surface area contributed by atoms with Crippen molar-refractivity contribution in [2.24, 2.45) is 0 Å². The number of hydrogen-bond donors (Lipinski definition) is 1. The zero-order chi connectivity index (χ0) is 14.5. The van der Waals surface area contributed by atoms with Gasteiger partial charge in [-0.1, -0.05) is 6.92 Å². The topological polar surface area (TPSA) is 59.4 Å². The molecule has 1 aliphatic heterocycles. The Kier molecular flexibility index (Phi) is 5.56. The molecule has 1 N–H and O–H groups in total. The fraction of sp³-hybridized carbons (Fsp3) is 0.692. The first-order valence-corrected chi connectivity index (χ1v) is 7.78. The highest BCUT2D eigenvalue weighted by Gasteiger charge is 2.19. The highest BCUT2D eigenvalue weighted by Crippen LogP contribution is 2.16. The van der Waals surface area contributed by atoms with E-state index in [4.69, 9.17) is 4.74 Å². The predicted molar refractivity (Wildman–Crippen MR) is 82.2 cm³/mol. The first kappa shape index (κ1) is 15.5. The zero-order valence-electron chi connectivity index (χ0n) is 11.9. The van der Waals surface area contributed by atoms with Crippen molar-refractivity contribution >= 4 is 21.6 Å². The Labute approximate surface area is 127 Å². The van der Waals surface area contributed by atoms with Gasteiger partial charge in [0.1, 0.15) is 4.47 Å². The molecule has 1 aromatic rings. The van der Waals surface area contributed by atoms with Crippen LogP contribution in [0.4, 0.5) is 5.69 Å². The molecule has 6 nitrogen and oxygen atoms in total. The molecule has 0 bridgehead atoms. The van der Waals surface area contributed by atoms with E-state index in [0.29, 0.717) is 17.6 Å². The van der Waals surface area contributed by atoms with E-state index >= 15 is 0 Å². The molecule has 0 saturated carbocycles. The summed E-state index contributed by atoms with van der Waals surface area (Å²) in [5, 5.41) is 7.36. The second-order valence-corrected chi connectivity index (χ2v) is 5.55. The van der Waals surface area contributed by atoms with E-state index < -0.39 is 0 Å². The molecule has 20 heavy (non-hydrogen) atoms. The summed E-state index contributed by atoms with van der Waals surface area (Å²) in [7, 11) is 0. The third-order valence-electron chi connectivity index (χ3n) is 3.47. The minimum Gasteiger partial charge on any atom is -0.380 e. The number of anilines is 1. The van der Waals surface area contributed by atoms with E-state index in [2.05, 4.69) is 38.2 Å². The summed E-state index contributed by atoms with van der Waals surface area (Å²) in [6.07, 6.45) is 1.82. The van der Waals surface area contributed by atoms with Crippen molar-refractivity contribution in [2.45, 2.75) is 26.5 Å². The second-order valence-electron chi connectivity index (χ2n) is 4.76. The van der Waals surface area contributed by atoms with Crippen LogP contribution >= 0.6 is 15.9 Å². The molecule has 0 amide bonds. The van der Waals surface area contributed by atoms with Gasteiger partial charge in [0.05, 0.1) is 24.6 Å². The van der Waals surface area contributed by atoms with Gasteiger partial charge in [0.15, 0.2) is 0 Å². The summed E-state index contributed by atoms with van der Waals surface area (Å²) in [6, 6.07) is 0. The normalized spacial score (nSPS) is 20.1. The van der Waals surface area contributed by atoms with Crippen molar-refractivity contribution in [2.75, 3.05) is 38.1 Å². The van der Waals surface area contributed by atoms with Crippen molar-refractivity contribution < 1.29 is 4.74 Å². The van der Waals surface area contributed by atoms with Gasteiger partial charge in [-0.2, -0.15) is 5.10 Å². The fourth-order valence-corrected chi connectivity index (χ4v) is 2.68. The van der Waals surface area contributed by atoms with Gasteiger partial charge in [0.25, 0.3) is 5.56 Å². The molecule has 1 aliphatic rings. The molecule has 1 fully saturated rings. The maximum atomic E-state index is 11.9. The van der Waals surface area contributed by atoms with E-state index in [9.17, 15) is 4.79 Å². The number of halogens is 1. The summed E-state index contributed by atoms with van der Waals surface area (Å²) in [5.41, 5.74) is 0.606. The quantitative estimate of drug-likeness (QED) is 0.868. The summed E-state index contributed by atoms with van der Waals surface area (Å²) in [4.78, 5) is 14.3. The largest absolute Gasteiger partial charge is 0.380 e. The van der Waals surface area contributed by atoms with Crippen molar-refractivity contribution in [1.82, 2.24) is 14.7 Å². The highest BCUT2D eigenvalue weighted by molar-refractivity contribution is 9.10. The third kappa shape index (κ3) is 3.59. The van der Waals surface area contributed by atoms with Crippen LogP contribution in [0.15, 0.2) is 15.5 Å². The maximum absolute atomic E-state index is 11.9. The minimum atomic E-state index is -0.114. The third-order valence-corrected chi connectivity index (χ3v) is 4.24. The molecular weight excluding hydrogens is 324 g/mol. The lowest BCUT2D eigenvalue weighted by molar-refractivity contribution is -0.0191. The monoisotopic (exact) mass is 344 g/mol. The van der Waals surface area contributed by atoms with Gasteiger partial charge in [-0.15, -0.1) is 0 Å². The highest BCUT2D eigenvalue weighted by atomic mass is 79.9. The molecular formula is C13H21BrN4O2. The number of morpholine rings is 1. The van der Waals surface area contributed by atoms with Gasteiger partial charge in [0.2, 0.25) is 0 Å². The minimum absolute atomic E-state index is 0.114. The number of ether oxygens (including phenoxy) is 1. The summed E-state index contributed by atoms with van der Waals surface area (Å²) >= 11 is 3.34. The Morgan fingerprint density at radius 3 is 3.00 bits per heavy atom. The summed E-state index contributed by atoms with van der Waals surface area (Å²) < 4.78 is 7.67. The molecule has 112 valence electrons. The molecule has 1 saturated heterocycles. The van der Waals surface area contributed by atoms with Crippen LogP contribution in [0.3, 0.4) is 0 Å². The number of hydrogen-bond acceptors (Lipinski definition) is 5. The van der Waals surface area contributed by atoms with Gasteiger partial charge in [0, 0.05) is 26.2 Å². The number of aromatic nitrogens is 2. The molecule has 1 atom stereocenters. The predicted octanol–water partition coefficient (Wildman–Crippen LogP) is 1.16. The Balaban J connectivity index is 1.97. The van der Waals surface area contributed by atoms with E-state index in [1.54, 1.807) is 6.20 Å². The lowest BCUT2D eigenvalue weighted by Crippen LogP contribution is -2.45. The first-order valence-electron chi connectivity index (χ1n) is 6.99. The van der Waals surface area contributed by atoms with E-state index in [-0.39, 0.29) is 11.7 Å². The second kappa shape index (κ2) is 7.19. The standard InChI is InChI=1S/C13H21BrN4O2/c1-3-17-5-6-20-10(9-17)7-15-11-8-16-18(4-2)13(19)12(11)14/h8,10,15H,3-7,9H2,1-2H3. The average molecular weight is 345 g/mol. The zero-order valence-corrected chi connectivity index (χ0v) is 13.5. The number of nitrogens with zero attached hydrogens (tertiary/aromatic N) is 3. The lowest BCUT2D eigenvalue weighted by atomic mass is 10.2. The molecule has 2 rings (SSSR count). The SMILES string of the molecule is CCN1CCOC(CNc2cnn(CC)c(=O)c2Br)C1. The molecule has 0 radical (unpaired) electrons. The van der Waals surface area contributed by atoms with Gasteiger partial charge in [-0.3, -0.25) is 9.69 Å². The van der Waals surface area contributed by atoms with Crippen LogP contribution < -0.4 is 10.9 Å². The Hall–Kier alpha value is -0.920. The van der Waals surface area contributed by atoms with Crippen LogP contribution in [-0.4, -0.2) is 53.6 Å². The first-order chi connectivity index (χ1) is 9.65. The van der Waals surface area contributed by atoms with E-state index in [1.807, 2.05) is 6.92 Å². The van der Waals surface area contributed by atoms with Gasteiger partial charge >= 0.3 is 0 Å². The molecule has 1 unspecified atom stereocenters. The fourth-order valence-electron chi connectivity index (χ4n) is 2.23. The Bertz CT molecular complexity index is 506.